The van der Waals surface area contributed by atoms with E-state index >= 15 is 0 Å². The number of hydrogen-bond donors (Lipinski definition) is 1. The molecule has 0 amide bonds. The van der Waals surface area contributed by atoms with Crippen LogP contribution in [0.1, 0.15) is 16.7 Å². The zero-order chi connectivity index (χ0) is 20.2. The molecule has 0 radical (unpaired) electrons. The van der Waals surface area contributed by atoms with Crippen LogP contribution < -0.4 is 39.0 Å². The maximum absolute atomic E-state index is 10.4. The van der Waals surface area contributed by atoms with E-state index in [9.17, 15) is 5.11 Å². The second-order valence-corrected chi connectivity index (χ2v) is 8.00. The Morgan fingerprint density at radius 1 is 0.935 bits per heavy atom. The molecule has 2 aromatic rings. The first-order valence-electron chi connectivity index (χ1n) is 10.3. The maximum Gasteiger partial charge on any atom is 0.231 e. The van der Waals surface area contributed by atoms with Gasteiger partial charge in [-0.05, 0) is 43.2 Å². The molecular formula is C23H30Cl2N2O4-2. The summed E-state index contributed by atoms with van der Waals surface area (Å²) in [5.74, 6) is 2.52. The van der Waals surface area contributed by atoms with Crippen molar-refractivity contribution in [3.8, 4) is 17.2 Å². The number of β-amino-alcohol motifs (C(OH)–C–C–N with tert-alkyl or cyclic N) is 1. The molecule has 1 fully saturated rings. The Labute approximate surface area is 196 Å². The van der Waals surface area contributed by atoms with Crippen molar-refractivity contribution in [2.75, 3.05) is 46.1 Å². The zero-order valence-corrected chi connectivity index (χ0v) is 19.5. The Hall–Kier alpha value is -1.70. The molecule has 0 bridgehead atoms. The van der Waals surface area contributed by atoms with Crippen LogP contribution in [0, 0.1) is 13.8 Å². The summed E-state index contributed by atoms with van der Waals surface area (Å²) in [7, 11) is 0. The molecule has 1 saturated heterocycles. The molecule has 1 N–H and O–H groups in total. The van der Waals surface area contributed by atoms with Gasteiger partial charge in [-0.25, -0.2) is 0 Å². The summed E-state index contributed by atoms with van der Waals surface area (Å²) in [4.78, 5) is 4.75. The summed E-state index contributed by atoms with van der Waals surface area (Å²) in [6.07, 6.45) is -0.490. The lowest BCUT2D eigenvalue weighted by atomic mass is 10.1. The Kier molecular flexibility index (Phi) is 9.72. The molecule has 0 aromatic heterocycles. The van der Waals surface area contributed by atoms with Crippen LogP contribution in [0.3, 0.4) is 0 Å². The average molecular weight is 469 g/mol. The second kappa shape index (κ2) is 11.8. The number of halogens is 2. The first kappa shape index (κ1) is 25.6. The van der Waals surface area contributed by atoms with E-state index in [1.54, 1.807) is 0 Å². The van der Waals surface area contributed by atoms with E-state index in [0.29, 0.717) is 19.9 Å². The van der Waals surface area contributed by atoms with Gasteiger partial charge in [0.2, 0.25) is 6.79 Å². The first-order valence-corrected chi connectivity index (χ1v) is 10.3. The van der Waals surface area contributed by atoms with Gasteiger partial charge in [0.1, 0.15) is 18.5 Å². The fourth-order valence-electron chi connectivity index (χ4n) is 3.93. The molecule has 2 aliphatic heterocycles. The highest BCUT2D eigenvalue weighted by molar-refractivity contribution is 5.44. The van der Waals surface area contributed by atoms with Crippen molar-refractivity contribution in [3.05, 3.63) is 53.1 Å². The molecule has 0 aliphatic carbocycles. The van der Waals surface area contributed by atoms with Gasteiger partial charge in [-0.2, -0.15) is 0 Å². The SMILES string of the molecule is Cc1ccc(OCC(O)CN2CCN(Cc3ccc4c(c3)OCO4)CC2)c(C)c1.[Cl-].[Cl-]. The fraction of sp³-hybridized carbons (Fsp3) is 0.478. The summed E-state index contributed by atoms with van der Waals surface area (Å²) in [6.45, 7) is 10.2. The number of hydrogen-bond acceptors (Lipinski definition) is 6. The standard InChI is InChI=1S/C23H30N2O4.2ClH/c1-17-3-5-21(18(2)11-17)27-15-20(26)14-25-9-7-24(8-10-25)13-19-4-6-22-23(12-19)29-16-28-22;;/h3-6,11-12,20,26H,7-10,13-16H2,1-2H3;2*1H/p-2. The van der Waals surface area contributed by atoms with Crippen LogP contribution in [0.2, 0.25) is 0 Å². The molecule has 2 heterocycles. The number of aliphatic hydroxyl groups excluding tert-OH is 1. The fourth-order valence-corrected chi connectivity index (χ4v) is 3.93. The second-order valence-electron chi connectivity index (χ2n) is 8.00. The van der Waals surface area contributed by atoms with E-state index < -0.39 is 6.10 Å². The van der Waals surface area contributed by atoms with Crippen LogP contribution in [-0.2, 0) is 6.54 Å². The van der Waals surface area contributed by atoms with E-state index in [0.717, 1.165) is 55.5 Å². The minimum Gasteiger partial charge on any atom is -1.00 e. The Bertz CT molecular complexity index is 844. The third-order valence-corrected chi connectivity index (χ3v) is 5.54. The van der Waals surface area contributed by atoms with Crippen LogP contribution >= 0.6 is 0 Å². The molecule has 172 valence electrons. The minimum atomic E-state index is -0.490. The summed E-state index contributed by atoms with van der Waals surface area (Å²) >= 11 is 0. The third-order valence-electron chi connectivity index (χ3n) is 5.54. The number of piperazine rings is 1. The molecule has 2 aliphatic rings. The van der Waals surface area contributed by atoms with E-state index in [-0.39, 0.29) is 24.8 Å². The van der Waals surface area contributed by atoms with E-state index in [2.05, 4.69) is 34.9 Å². The van der Waals surface area contributed by atoms with Crippen LogP contribution in [0.5, 0.6) is 17.2 Å². The van der Waals surface area contributed by atoms with Gasteiger partial charge in [0.05, 0.1) is 0 Å². The molecule has 1 unspecified atom stereocenters. The minimum absolute atomic E-state index is 0. The van der Waals surface area contributed by atoms with Crippen molar-refractivity contribution in [3.63, 3.8) is 0 Å². The van der Waals surface area contributed by atoms with Gasteiger partial charge in [0, 0.05) is 39.3 Å². The van der Waals surface area contributed by atoms with Crippen molar-refractivity contribution in [1.82, 2.24) is 9.80 Å². The third kappa shape index (κ3) is 6.89. The van der Waals surface area contributed by atoms with E-state index in [1.807, 2.05) is 25.1 Å². The monoisotopic (exact) mass is 468 g/mol. The maximum atomic E-state index is 10.4. The van der Waals surface area contributed by atoms with Crippen LogP contribution in [0.25, 0.3) is 0 Å². The molecule has 0 spiro atoms. The molecule has 0 saturated carbocycles. The molecule has 1 atom stereocenters. The van der Waals surface area contributed by atoms with Crippen LogP contribution in [0.15, 0.2) is 36.4 Å². The summed E-state index contributed by atoms with van der Waals surface area (Å²) in [5, 5.41) is 10.4. The average Bonchev–Trinajstić information content (AvgIpc) is 3.17. The highest BCUT2D eigenvalue weighted by Crippen LogP contribution is 2.32. The van der Waals surface area contributed by atoms with Gasteiger partial charge in [0.15, 0.2) is 11.5 Å². The number of benzene rings is 2. The smallest absolute Gasteiger partial charge is 0.231 e. The number of aliphatic hydroxyl groups is 1. The van der Waals surface area contributed by atoms with E-state index in [4.69, 9.17) is 14.2 Å². The zero-order valence-electron chi connectivity index (χ0n) is 18.0. The van der Waals surface area contributed by atoms with E-state index in [1.165, 1.54) is 11.1 Å². The number of nitrogens with zero attached hydrogens (tertiary/aromatic N) is 2. The van der Waals surface area contributed by atoms with Crippen molar-refractivity contribution in [2.24, 2.45) is 0 Å². The van der Waals surface area contributed by atoms with Crippen molar-refractivity contribution >= 4 is 0 Å². The predicted molar refractivity (Wildman–Crippen MR) is 112 cm³/mol. The lowest BCUT2D eigenvalue weighted by molar-refractivity contribution is -0.00100. The highest BCUT2D eigenvalue weighted by Gasteiger charge is 2.21. The molecular weight excluding hydrogens is 439 g/mol. The number of fused-ring (bicyclic) bond motifs is 1. The number of aryl methyl sites for hydroxylation is 2. The van der Waals surface area contributed by atoms with Gasteiger partial charge in [-0.15, -0.1) is 0 Å². The van der Waals surface area contributed by atoms with Gasteiger partial charge in [0.25, 0.3) is 0 Å². The van der Waals surface area contributed by atoms with Gasteiger partial charge >= 0.3 is 0 Å². The lowest BCUT2D eigenvalue weighted by Gasteiger charge is -2.35. The molecule has 31 heavy (non-hydrogen) atoms. The topological polar surface area (TPSA) is 54.4 Å². The van der Waals surface area contributed by atoms with Crippen LogP contribution in [-0.4, -0.2) is 67.1 Å². The van der Waals surface area contributed by atoms with Crippen molar-refractivity contribution < 1.29 is 44.1 Å². The normalized spacial score (nSPS) is 16.9. The van der Waals surface area contributed by atoms with Gasteiger partial charge < -0.3 is 44.1 Å². The lowest BCUT2D eigenvalue weighted by Crippen LogP contribution is -3.00. The Balaban J connectivity index is 0.00000171. The van der Waals surface area contributed by atoms with Gasteiger partial charge in [-0.3, -0.25) is 9.80 Å². The Morgan fingerprint density at radius 3 is 2.39 bits per heavy atom. The number of rotatable bonds is 7. The van der Waals surface area contributed by atoms with Gasteiger partial charge in [-0.1, -0.05) is 23.8 Å². The largest absolute Gasteiger partial charge is 1.00 e. The summed E-state index contributed by atoms with van der Waals surface area (Å²) in [5.41, 5.74) is 3.56. The molecule has 8 heteroatoms. The first-order chi connectivity index (χ1) is 14.1. The molecule has 2 aromatic carbocycles. The Morgan fingerprint density at radius 2 is 1.65 bits per heavy atom. The summed E-state index contributed by atoms with van der Waals surface area (Å²) < 4.78 is 16.7. The van der Waals surface area contributed by atoms with Crippen molar-refractivity contribution in [2.45, 2.75) is 26.5 Å². The highest BCUT2D eigenvalue weighted by atomic mass is 35.5. The number of ether oxygens (including phenoxy) is 3. The molecule has 4 rings (SSSR count). The summed E-state index contributed by atoms with van der Waals surface area (Å²) in [6, 6.07) is 12.3. The predicted octanol–water partition coefficient (Wildman–Crippen LogP) is -3.40. The quantitative estimate of drug-likeness (QED) is 0.457. The molecule has 6 nitrogen and oxygen atoms in total. The van der Waals surface area contributed by atoms with Crippen LogP contribution in [0.4, 0.5) is 0 Å². The van der Waals surface area contributed by atoms with Crippen molar-refractivity contribution in [1.29, 1.82) is 0 Å².